The summed E-state index contributed by atoms with van der Waals surface area (Å²) < 4.78 is 0. The highest BCUT2D eigenvalue weighted by molar-refractivity contribution is 5.65. The van der Waals surface area contributed by atoms with Gasteiger partial charge in [0.05, 0.1) is 0 Å². The smallest absolute Gasteiger partial charge is 0.206 e. The molecule has 1 aromatic rings. The summed E-state index contributed by atoms with van der Waals surface area (Å²) in [5.41, 5.74) is 5.19. The molecular formula is C18H27O. The van der Waals surface area contributed by atoms with Crippen molar-refractivity contribution in [2.24, 2.45) is 0 Å². The van der Waals surface area contributed by atoms with Crippen LogP contribution in [0.1, 0.15) is 94.4 Å². The maximum Gasteiger partial charge on any atom is 0.206 e. The van der Waals surface area contributed by atoms with Crippen molar-refractivity contribution in [1.29, 1.82) is 0 Å². The van der Waals surface area contributed by atoms with Crippen molar-refractivity contribution >= 4 is 6.29 Å². The molecule has 0 saturated heterocycles. The fourth-order valence-corrected chi connectivity index (χ4v) is 2.57. The molecule has 1 radical (unpaired) electrons. The van der Waals surface area contributed by atoms with Gasteiger partial charge >= 0.3 is 0 Å². The zero-order valence-corrected chi connectivity index (χ0v) is 13.4. The van der Waals surface area contributed by atoms with Crippen LogP contribution in [0.4, 0.5) is 0 Å². The Morgan fingerprint density at radius 2 is 1.21 bits per heavy atom. The van der Waals surface area contributed by atoms with E-state index in [9.17, 15) is 4.79 Å². The van der Waals surface area contributed by atoms with Gasteiger partial charge in [-0.15, -0.1) is 0 Å². The normalized spacial score (nSPS) is 13.4. The lowest BCUT2D eigenvalue weighted by atomic mass is 9.80. The van der Waals surface area contributed by atoms with Gasteiger partial charge in [-0.2, -0.15) is 0 Å². The molecule has 19 heavy (non-hydrogen) atoms. The molecule has 0 N–H and O–H groups in total. The first-order chi connectivity index (χ1) is 8.79. The van der Waals surface area contributed by atoms with Crippen LogP contribution in [0.2, 0.25) is 0 Å². The van der Waals surface area contributed by atoms with Gasteiger partial charge in [-0.3, -0.25) is 4.79 Å². The molecule has 1 heteroatoms. The van der Waals surface area contributed by atoms with Crippen LogP contribution in [-0.4, -0.2) is 6.29 Å². The standard InChI is InChI=1S/C18H27O/c1-11(2)15-8-16(12(3)4)18(14(7)10-19)17(9-15)13(5)6/h8-9,11-14H,1-7H3. The van der Waals surface area contributed by atoms with E-state index in [-0.39, 0.29) is 5.92 Å². The van der Waals surface area contributed by atoms with Crippen molar-refractivity contribution < 1.29 is 4.79 Å². The van der Waals surface area contributed by atoms with Gasteiger partial charge in [0.2, 0.25) is 6.29 Å². The molecule has 0 aliphatic carbocycles. The van der Waals surface area contributed by atoms with Crippen LogP contribution in [0, 0.1) is 0 Å². The number of hydrogen-bond donors (Lipinski definition) is 0. The molecule has 1 atom stereocenters. The Hall–Kier alpha value is -1.11. The third-order valence-corrected chi connectivity index (χ3v) is 3.79. The minimum Gasteiger partial charge on any atom is -0.290 e. The van der Waals surface area contributed by atoms with Gasteiger partial charge in [-0.05, 0) is 40.0 Å². The quantitative estimate of drug-likeness (QED) is 0.704. The first-order valence-corrected chi connectivity index (χ1v) is 7.34. The number of benzene rings is 1. The Morgan fingerprint density at radius 1 is 0.789 bits per heavy atom. The summed E-state index contributed by atoms with van der Waals surface area (Å²) in [6.07, 6.45) is 2.17. The van der Waals surface area contributed by atoms with E-state index in [1.807, 2.05) is 6.92 Å². The topological polar surface area (TPSA) is 17.1 Å². The largest absolute Gasteiger partial charge is 0.290 e. The van der Waals surface area contributed by atoms with E-state index in [4.69, 9.17) is 0 Å². The van der Waals surface area contributed by atoms with E-state index < -0.39 is 0 Å². The lowest BCUT2D eigenvalue weighted by Crippen LogP contribution is -2.10. The third-order valence-electron chi connectivity index (χ3n) is 3.79. The summed E-state index contributed by atoms with van der Waals surface area (Å²) in [5.74, 6) is 1.24. The van der Waals surface area contributed by atoms with E-state index in [1.54, 1.807) is 0 Å². The third kappa shape index (κ3) is 3.46. The Balaban J connectivity index is 3.60. The van der Waals surface area contributed by atoms with Crippen molar-refractivity contribution in [3.8, 4) is 0 Å². The molecule has 1 rings (SSSR count). The van der Waals surface area contributed by atoms with Gasteiger partial charge in [0.1, 0.15) is 0 Å². The average molecular weight is 259 g/mol. The van der Waals surface area contributed by atoms with Crippen LogP contribution in [0.25, 0.3) is 0 Å². The molecule has 0 heterocycles. The van der Waals surface area contributed by atoms with E-state index >= 15 is 0 Å². The molecule has 105 valence electrons. The first kappa shape index (κ1) is 15.9. The van der Waals surface area contributed by atoms with Crippen LogP contribution in [-0.2, 0) is 4.79 Å². The summed E-state index contributed by atoms with van der Waals surface area (Å²) in [4.78, 5) is 11.1. The highest BCUT2D eigenvalue weighted by atomic mass is 16.1. The van der Waals surface area contributed by atoms with E-state index in [1.165, 1.54) is 22.3 Å². The molecule has 0 aromatic heterocycles. The second kappa shape index (κ2) is 6.36. The molecule has 0 bridgehead atoms. The maximum atomic E-state index is 11.1. The van der Waals surface area contributed by atoms with Crippen molar-refractivity contribution in [2.75, 3.05) is 0 Å². The van der Waals surface area contributed by atoms with Crippen molar-refractivity contribution in [3.05, 3.63) is 34.4 Å². The molecular weight excluding hydrogens is 232 g/mol. The number of rotatable bonds is 5. The summed E-state index contributed by atoms with van der Waals surface area (Å²) in [5, 5.41) is 0. The van der Waals surface area contributed by atoms with Crippen LogP contribution in [0.3, 0.4) is 0 Å². The molecule has 0 fully saturated rings. The number of hydrogen-bond acceptors (Lipinski definition) is 1. The highest BCUT2D eigenvalue weighted by Gasteiger charge is 2.21. The predicted octanol–water partition coefficient (Wildman–Crippen LogP) is 5.27. The zero-order valence-electron chi connectivity index (χ0n) is 13.4. The lowest BCUT2D eigenvalue weighted by molar-refractivity contribution is 0.545. The van der Waals surface area contributed by atoms with E-state index in [0.29, 0.717) is 17.8 Å². The SMILES string of the molecule is CC(C)c1cc(C(C)C)c(C(C)[C]=O)c(C(C)C)c1. The average Bonchev–Trinajstić information content (AvgIpc) is 2.35. The second-order valence-electron chi connectivity index (χ2n) is 6.42. The second-order valence-corrected chi connectivity index (χ2v) is 6.42. The summed E-state index contributed by atoms with van der Waals surface area (Å²) in [7, 11) is 0. The maximum absolute atomic E-state index is 11.1. The van der Waals surface area contributed by atoms with Gasteiger partial charge in [0.15, 0.2) is 0 Å². The summed E-state index contributed by atoms with van der Waals surface area (Å²) in [6, 6.07) is 4.56. The van der Waals surface area contributed by atoms with Crippen LogP contribution in [0.5, 0.6) is 0 Å². The zero-order chi connectivity index (χ0) is 14.7. The summed E-state index contributed by atoms with van der Waals surface area (Å²) in [6.45, 7) is 15.2. The van der Waals surface area contributed by atoms with Gasteiger partial charge < -0.3 is 0 Å². The minimum atomic E-state index is -0.143. The van der Waals surface area contributed by atoms with E-state index in [0.717, 1.165) is 0 Å². The van der Waals surface area contributed by atoms with Crippen LogP contribution < -0.4 is 0 Å². The Kier molecular flexibility index (Phi) is 5.34. The Morgan fingerprint density at radius 3 is 1.47 bits per heavy atom. The number of carbonyl (C=O) groups excluding carboxylic acids is 1. The van der Waals surface area contributed by atoms with Crippen molar-refractivity contribution in [3.63, 3.8) is 0 Å². The van der Waals surface area contributed by atoms with Gasteiger partial charge in [-0.1, -0.05) is 60.6 Å². The molecule has 0 amide bonds. The monoisotopic (exact) mass is 259 g/mol. The van der Waals surface area contributed by atoms with Gasteiger partial charge in [-0.25, -0.2) is 0 Å². The lowest BCUT2D eigenvalue weighted by Gasteiger charge is -2.24. The van der Waals surface area contributed by atoms with Gasteiger partial charge in [0.25, 0.3) is 0 Å². The molecule has 0 aliphatic rings. The Bertz CT molecular complexity index is 412. The summed E-state index contributed by atoms with van der Waals surface area (Å²) >= 11 is 0. The van der Waals surface area contributed by atoms with Crippen molar-refractivity contribution in [2.45, 2.75) is 72.1 Å². The first-order valence-electron chi connectivity index (χ1n) is 7.34. The van der Waals surface area contributed by atoms with Crippen LogP contribution in [0.15, 0.2) is 12.1 Å². The van der Waals surface area contributed by atoms with E-state index in [2.05, 4.69) is 60.0 Å². The van der Waals surface area contributed by atoms with Gasteiger partial charge in [0, 0.05) is 5.92 Å². The highest BCUT2D eigenvalue weighted by Crippen LogP contribution is 2.35. The molecule has 1 aromatic carbocycles. The predicted molar refractivity (Wildman–Crippen MR) is 82.8 cm³/mol. The molecule has 0 aliphatic heterocycles. The van der Waals surface area contributed by atoms with Crippen LogP contribution >= 0.6 is 0 Å². The van der Waals surface area contributed by atoms with Crippen molar-refractivity contribution in [1.82, 2.24) is 0 Å². The Labute approximate surface area is 118 Å². The molecule has 0 spiro atoms. The fourth-order valence-electron chi connectivity index (χ4n) is 2.57. The fraction of sp³-hybridized carbons (Fsp3) is 0.611. The molecule has 0 saturated carbocycles. The molecule has 1 nitrogen and oxygen atoms in total. The minimum absolute atomic E-state index is 0.143. The molecule has 1 unspecified atom stereocenters.